The van der Waals surface area contributed by atoms with Crippen molar-refractivity contribution in [3.8, 4) is 0 Å². The van der Waals surface area contributed by atoms with E-state index >= 15 is 0 Å². The number of hydrogen-bond acceptors (Lipinski definition) is 5. The van der Waals surface area contributed by atoms with E-state index < -0.39 is 6.04 Å². The van der Waals surface area contributed by atoms with E-state index in [9.17, 15) is 9.59 Å². The summed E-state index contributed by atoms with van der Waals surface area (Å²) in [5.74, 6) is 1.42. The number of imidazole rings is 1. The summed E-state index contributed by atoms with van der Waals surface area (Å²) in [5.41, 5.74) is 0.552. The lowest BCUT2D eigenvalue weighted by Crippen LogP contribution is -2.40. The minimum atomic E-state index is -0.781. The van der Waals surface area contributed by atoms with Crippen molar-refractivity contribution in [1.29, 1.82) is 0 Å². The Balaban J connectivity index is 1.54. The summed E-state index contributed by atoms with van der Waals surface area (Å²) in [6.07, 6.45) is 13.2. The third kappa shape index (κ3) is 6.12. The van der Waals surface area contributed by atoms with Crippen molar-refractivity contribution in [3.63, 3.8) is 0 Å². The maximum atomic E-state index is 12.6. The lowest BCUT2D eigenvalue weighted by Gasteiger charge is -2.37. The van der Waals surface area contributed by atoms with E-state index in [-0.39, 0.29) is 29.9 Å². The number of nitrogens with one attached hydrogen (secondary N) is 3. The first-order valence-electron chi connectivity index (χ1n) is 11.3. The molecule has 8 nitrogen and oxygen atoms in total. The molecule has 4 atom stereocenters. The first kappa shape index (κ1) is 22.9. The van der Waals surface area contributed by atoms with Crippen LogP contribution in [0.15, 0.2) is 36.2 Å². The first-order chi connectivity index (χ1) is 15.0. The number of aromatic amines is 1. The normalized spacial score (nSPS) is 23.4. The molecule has 0 saturated carbocycles. The van der Waals surface area contributed by atoms with Crippen LogP contribution in [0.2, 0.25) is 0 Å². The summed E-state index contributed by atoms with van der Waals surface area (Å²) in [6.45, 7) is 6.21. The van der Waals surface area contributed by atoms with E-state index in [0.29, 0.717) is 12.2 Å². The molecule has 4 unspecified atom stereocenters. The molecule has 8 heteroatoms. The fourth-order valence-corrected chi connectivity index (χ4v) is 4.06. The van der Waals surface area contributed by atoms with Gasteiger partial charge in [0.1, 0.15) is 18.2 Å². The molecule has 1 aliphatic carbocycles. The van der Waals surface area contributed by atoms with Crippen molar-refractivity contribution in [3.05, 3.63) is 41.9 Å². The fraction of sp³-hybridized carbons (Fsp3) is 0.609. The van der Waals surface area contributed by atoms with E-state index in [2.05, 4.69) is 46.6 Å². The molecule has 1 aromatic heterocycles. The molecular weight excluding hydrogens is 396 g/mol. The molecule has 0 spiro atoms. The van der Waals surface area contributed by atoms with Gasteiger partial charge in [-0.05, 0) is 43.8 Å². The molecule has 0 bridgehead atoms. The van der Waals surface area contributed by atoms with Gasteiger partial charge >= 0.3 is 0 Å². The van der Waals surface area contributed by atoms with Gasteiger partial charge in [0.05, 0.1) is 18.2 Å². The fourth-order valence-electron chi connectivity index (χ4n) is 4.06. The SMILES string of the molecule is CCCC1OC2=CCC(CCNC(=O)C(NC(C)=O)c3cnc[nH]3)C=C2OC1CCC. The molecule has 170 valence electrons. The zero-order valence-electron chi connectivity index (χ0n) is 18.6. The van der Waals surface area contributed by atoms with Crippen molar-refractivity contribution in [2.75, 3.05) is 6.54 Å². The van der Waals surface area contributed by atoms with Gasteiger partial charge in [-0.25, -0.2) is 4.98 Å². The lowest BCUT2D eigenvalue weighted by atomic mass is 9.94. The quantitative estimate of drug-likeness (QED) is 0.528. The average Bonchev–Trinajstić information content (AvgIpc) is 3.27. The van der Waals surface area contributed by atoms with E-state index in [1.54, 1.807) is 0 Å². The van der Waals surface area contributed by atoms with Crippen molar-refractivity contribution >= 4 is 11.8 Å². The van der Waals surface area contributed by atoms with Gasteiger partial charge in [-0.15, -0.1) is 0 Å². The molecular formula is C23H34N4O4. The van der Waals surface area contributed by atoms with Crippen LogP contribution < -0.4 is 10.6 Å². The second kappa shape index (κ2) is 11.0. The molecule has 1 fully saturated rings. The highest BCUT2D eigenvalue weighted by Gasteiger charge is 2.34. The number of amides is 2. The average molecular weight is 431 g/mol. The van der Waals surface area contributed by atoms with Crippen molar-refractivity contribution in [2.24, 2.45) is 5.92 Å². The van der Waals surface area contributed by atoms with Gasteiger partial charge in [0.15, 0.2) is 11.5 Å². The van der Waals surface area contributed by atoms with Crippen LogP contribution in [0.25, 0.3) is 0 Å². The third-order valence-electron chi connectivity index (χ3n) is 5.61. The van der Waals surface area contributed by atoms with Gasteiger partial charge in [0.25, 0.3) is 0 Å². The number of fused-ring (bicyclic) bond motifs is 1. The summed E-state index contributed by atoms with van der Waals surface area (Å²) >= 11 is 0. The van der Waals surface area contributed by atoms with Gasteiger partial charge < -0.3 is 25.1 Å². The van der Waals surface area contributed by atoms with Gasteiger partial charge in [-0.2, -0.15) is 0 Å². The number of carbonyl (C=O) groups excluding carboxylic acids is 2. The van der Waals surface area contributed by atoms with Crippen LogP contribution in [0.4, 0.5) is 0 Å². The Morgan fingerprint density at radius 2 is 1.87 bits per heavy atom. The Labute approximate surface area is 183 Å². The van der Waals surface area contributed by atoms with E-state index in [1.807, 2.05) is 0 Å². The number of carbonyl (C=O) groups is 2. The zero-order valence-corrected chi connectivity index (χ0v) is 18.6. The Bertz CT molecular complexity index is 803. The van der Waals surface area contributed by atoms with E-state index in [0.717, 1.165) is 50.0 Å². The predicted molar refractivity (Wildman–Crippen MR) is 117 cm³/mol. The first-order valence-corrected chi connectivity index (χ1v) is 11.3. The van der Waals surface area contributed by atoms with Crippen molar-refractivity contribution in [2.45, 2.75) is 77.5 Å². The highest BCUT2D eigenvalue weighted by Crippen LogP contribution is 2.35. The predicted octanol–water partition coefficient (Wildman–Crippen LogP) is 3.27. The molecule has 2 aliphatic rings. The summed E-state index contributed by atoms with van der Waals surface area (Å²) in [6, 6.07) is -0.781. The van der Waals surface area contributed by atoms with Gasteiger partial charge in [0, 0.05) is 13.5 Å². The Hall–Kier alpha value is -2.77. The third-order valence-corrected chi connectivity index (χ3v) is 5.61. The van der Waals surface area contributed by atoms with Crippen LogP contribution >= 0.6 is 0 Å². The Kier molecular flexibility index (Phi) is 8.14. The number of hydrogen-bond donors (Lipinski definition) is 3. The Morgan fingerprint density at radius 1 is 1.16 bits per heavy atom. The molecule has 31 heavy (non-hydrogen) atoms. The van der Waals surface area contributed by atoms with Crippen molar-refractivity contribution < 1.29 is 19.1 Å². The van der Waals surface area contributed by atoms with Crippen LogP contribution in [0.5, 0.6) is 0 Å². The highest BCUT2D eigenvalue weighted by atomic mass is 16.6. The Morgan fingerprint density at radius 3 is 2.48 bits per heavy atom. The maximum Gasteiger partial charge on any atom is 0.248 e. The molecule has 2 amide bonds. The second-order valence-corrected chi connectivity index (χ2v) is 8.21. The monoisotopic (exact) mass is 430 g/mol. The molecule has 0 radical (unpaired) electrons. The summed E-state index contributed by atoms with van der Waals surface area (Å²) < 4.78 is 12.6. The molecule has 3 rings (SSSR count). The minimum Gasteiger partial charge on any atom is -0.483 e. The maximum absolute atomic E-state index is 12.6. The number of rotatable bonds is 10. The van der Waals surface area contributed by atoms with Crippen LogP contribution in [0.1, 0.15) is 71.0 Å². The number of H-pyrrole nitrogens is 1. The molecule has 3 N–H and O–H groups in total. The van der Waals surface area contributed by atoms with Crippen LogP contribution in [-0.2, 0) is 19.1 Å². The van der Waals surface area contributed by atoms with Crippen LogP contribution in [-0.4, -0.2) is 40.5 Å². The van der Waals surface area contributed by atoms with Crippen molar-refractivity contribution in [1.82, 2.24) is 20.6 Å². The van der Waals surface area contributed by atoms with Gasteiger partial charge in [-0.3, -0.25) is 9.59 Å². The summed E-state index contributed by atoms with van der Waals surface area (Å²) in [4.78, 5) is 30.9. The van der Waals surface area contributed by atoms with Crippen LogP contribution in [0, 0.1) is 5.92 Å². The standard InChI is InChI=1S/C23H34N4O4/c1-4-6-18-19(7-5-2)31-21-12-16(8-9-20(21)30-18)10-11-25-23(29)22(27-15(3)28)17-13-24-14-26-17/h9,12-14,16,18-19,22H,4-8,10-11H2,1-3H3,(H,24,26)(H,25,29)(H,27,28). The highest BCUT2D eigenvalue weighted by molar-refractivity contribution is 5.87. The topological polar surface area (TPSA) is 105 Å². The van der Waals surface area contributed by atoms with E-state index in [4.69, 9.17) is 9.47 Å². The largest absolute Gasteiger partial charge is 0.483 e. The van der Waals surface area contributed by atoms with E-state index in [1.165, 1.54) is 19.4 Å². The zero-order chi connectivity index (χ0) is 22.2. The summed E-state index contributed by atoms with van der Waals surface area (Å²) in [5, 5.41) is 5.58. The number of ether oxygens (including phenoxy) is 2. The van der Waals surface area contributed by atoms with Gasteiger partial charge in [0.2, 0.25) is 11.8 Å². The number of allylic oxidation sites excluding steroid dienone is 2. The molecule has 1 aliphatic heterocycles. The van der Waals surface area contributed by atoms with Gasteiger partial charge in [-0.1, -0.05) is 26.7 Å². The van der Waals surface area contributed by atoms with Crippen LogP contribution in [0.3, 0.4) is 0 Å². The molecule has 1 saturated heterocycles. The summed E-state index contributed by atoms with van der Waals surface area (Å²) in [7, 11) is 0. The second-order valence-electron chi connectivity index (χ2n) is 8.21. The molecule has 0 aromatic carbocycles. The lowest BCUT2D eigenvalue weighted by molar-refractivity contribution is -0.128. The smallest absolute Gasteiger partial charge is 0.248 e. The molecule has 1 aromatic rings. The number of aromatic nitrogens is 2. The number of nitrogens with zero attached hydrogens (tertiary/aromatic N) is 1. The molecule has 2 heterocycles. The minimum absolute atomic E-state index is 0.0969.